The fourth-order valence-electron chi connectivity index (χ4n) is 2.85. The van der Waals surface area contributed by atoms with E-state index in [9.17, 15) is 4.79 Å². The van der Waals surface area contributed by atoms with E-state index >= 15 is 0 Å². The second-order valence-electron chi connectivity index (χ2n) is 6.75. The number of carbonyl (C=O) groups excluding carboxylic acids is 1. The molecule has 4 aromatic rings. The molecule has 2 heterocycles. The Bertz CT molecular complexity index is 1130. The summed E-state index contributed by atoms with van der Waals surface area (Å²) >= 11 is 1.30. The standard InChI is InChI=1S/C23H22N4O3S/c1-17-22(30-23(28)24-16-18-8-4-2-5-9-18)31-21(25-17)20-12-13-27(26-20)14-15-29-19-10-6-3-7-11-19/h2-13H,14-16H2,1H3,(H,24,28). The van der Waals surface area contributed by atoms with E-state index in [0.29, 0.717) is 35.5 Å². The zero-order chi connectivity index (χ0) is 21.5. The van der Waals surface area contributed by atoms with Crippen LogP contribution < -0.4 is 14.8 Å². The minimum absolute atomic E-state index is 0.403. The Morgan fingerprint density at radius 2 is 1.81 bits per heavy atom. The summed E-state index contributed by atoms with van der Waals surface area (Å²) in [5.74, 6) is 0.831. The predicted molar refractivity (Wildman–Crippen MR) is 119 cm³/mol. The van der Waals surface area contributed by atoms with E-state index in [4.69, 9.17) is 9.47 Å². The molecule has 8 heteroatoms. The summed E-state index contributed by atoms with van der Waals surface area (Å²) in [7, 11) is 0. The molecule has 7 nitrogen and oxygen atoms in total. The lowest BCUT2D eigenvalue weighted by Crippen LogP contribution is -2.26. The molecule has 2 aromatic heterocycles. The van der Waals surface area contributed by atoms with Gasteiger partial charge in [-0.1, -0.05) is 59.9 Å². The monoisotopic (exact) mass is 434 g/mol. The summed E-state index contributed by atoms with van der Waals surface area (Å²) < 4.78 is 13.0. The Morgan fingerprint density at radius 3 is 2.58 bits per heavy atom. The number of benzene rings is 2. The first kappa shape index (κ1) is 20.6. The van der Waals surface area contributed by atoms with Crippen molar-refractivity contribution in [3.8, 4) is 21.5 Å². The zero-order valence-electron chi connectivity index (χ0n) is 17.0. The molecule has 0 saturated carbocycles. The maximum Gasteiger partial charge on any atom is 0.413 e. The highest BCUT2D eigenvalue weighted by Gasteiger charge is 2.16. The molecule has 2 aromatic carbocycles. The van der Waals surface area contributed by atoms with Crippen LogP contribution >= 0.6 is 11.3 Å². The van der Waals surface area contributed by atoms with Gasteiger partial charge in [-0.25, -0.2) is 9.78 Å². The topological polar surface area (TPSA) is 78.3 Å². The van der Waals surface area contributed by atoms with Gasteiger partial charge in [0.1, 0.15) is 23.1 Å². The lowest BCUT2D eigenvalue weighted by molar-refractivity contribution is 0.201. The maximum atomic E-state index is 12.1. The fourth-order valence-corrected chi connectivity index (χ4v) is 3.73. The Labute approximate surface area is 184 Å². The molecular formula is C23H22N4O3S. The van der Waals surface area contributed by atoms with E-state index in [0.717, 1.165) is 17.0 Å². The molecule has 31 heavy (non-hydrogen) atoms. The van der Waals surface area contributed by atoms with Gasteiger partial charge in [0.2, 0.25) is 5.06 Å². The molecule has 0 fully saturated rings. The summed E-state index contributed by atoms with van der Waals surface area (Å²) in [5.41, 5.74) is 2.38. The first-order chi connectivity index (χ1) is 15.2. The van der Waals surface area contributed by atoms with E-state index in [1.54, 1.807) is 0 Å². The third kappa shape index (κ3) is 5.70. The van der Waals surface area contributed by atoms with E-state index < -0.39 is 6.09 Å². The van der Waals surface area contributed by atoms with Crippen LogP contribution in [-0.2, 0) is 13.1 Å². The largest absolute Gasteiger partial charge is 0.492 e. The van der Waals surface area contributed by atoms with Crippen molar-refractivity contribution in [2.45, 2.75) is 20.0 Å². The third-order valence-electron chi connectivity index (χ3n) is 4.41. The van der Waals surface area contributed by atoms with Crippen LogP contribution in [-0.4, -0.2) is 27.5 Å². The summed E-state index contributed by atoms with van der Waals surface area (Å²) in [5, 5.41) is 8.46. The quantitative estimate of drug-likeness (QED) is 0.436. The molecular weight excluding hydrogens is 412 g/mol. The molecule has 0 radical (unpaired) electrons. The number of aryl methyl sites for hydroxylation is 1. The fraction of sp³-hybridized carbons (Fsp3) is 0.174. The minimum Gasteiger partial charge on any atom is -0.492 e. The van der Waals surface area contributed by atoms with Gasteiger partial charge in [0.15, 0.2) is 0 Å². The third-order valence-corrected chi connectivity index (χ3v) is 5.47. The molecule has 0 bridgehead atoms. The number of thiazole rings is 1. The molecule has 0 saturated heterocycles. The molecule has 0 spiro atoms. The minimum atomic E-state index is -0.509. The Hall–Kier alpha value is -3.65. The lowest BCUT2D eigenvalue weighted by Gasteiger charge is -2.05. The van der Waals surface area contributed by atoms with Gasteiger partial charge < -0.3 is 14.8 Å². The molecule has 1 N–H and O–H groups in total. The Balaban J connectivity index is 1.31. The van der Waals surface area contributed by atoms with Crippen LogP contribution in [0.3, 0.4) is 0 Å². The van der Waals surface area contributed by atoms with Crippen molar-refractivity contribution in [3.05, 3.63) is 84.2 Å². The van der Waals surface area contributed by atoms with Gasteiger partial charge in [-0.3, -0.25) is 4.68 Å². The highest BCUT2D eigenvalue weighted by molar-refractivity contribution is 7.17. The SMILES string of the molecule is Cc1nc(-c2ccn(CCOc3ccccc3)n2)sc1OC(=O)NCc1ccccc1. The van der Waals surface area contributed by atoms with Gasteiger partial charge >= 0.3 is 6.09 Å². The van der Waals surface area contributed by atoms with E-state index in [-0.39, 0.29) is 0 Å². The summed E-state index contributed by atoms with van der Waals surface area (Å²) in [4.78, 5) is 16.6. The Morgan fingerprint density at radius 1 is 1.06 bits per heavy atom. The van der Waals surface area contributed by atoms with Crippen molar-refractivity contribution < 1.29 is 14.3 Å². The van der Waals surface area contributed by atoms with Crippen molar-refractivity contribution in [1.29, 1.82) is 0 Å². The smallest absolute Gasteiger partial charge is 0.413 e. The number of hydrogen-bond donors (Lipinski definition) is 1. The number of carbonyl (C=O) groups is 1. The van der Waals surface area contributed by atoms with E-state index in [1.807, 2.05) is 84.5 Å². The first-order valence-electron chi connectivity index (χ1n) is 9.86. The van der Waals surface area contributed by atoms with Gasteiger partial charge in [0.05, 0.1) is 12.2 Å². The van der Waals surface area contributed by atoms with Crippen LogP contribution in [0.25, 0.3) is 10.7 Å². The average Bonchev–Trinajstić information content (AvgIpc) is 3.41. The molecule has 0 aliphatic heterocycles. The van der Waals surface area contributed by atoms with Crippen LogP contribution in [0, 0.1) is 6.92 Å². The normalized spacial score (nSPS) is 10.6. The number of para-hydroxylation sites is 1. The lowest BCUT2D eigenvalue weighted by atomic mass is 10.2. The van der Waals surface area contributed by atoms with Crippen molar-refractivity contribution in [3.63, 3.8) is 0 Å². The number of nitrogens with one attached hydrogen (secondary N) is 1. The average molecular weight is 435 g/mol. The number of aromatic nitrogens is 3. The summed E-state index contributed by atoms with van der Waals surface area (Å²) in [6, 6.07) is 21.2. The summed E-state index contributed by atoms with van der Waals surface area (Å²) in [6.45, 7) is 3.34. The molecule has 1 amide bonds. The molecule has 158 valence electrons. The van der Waals surface area contributed by atoms with Crippen molar-refractivity contribution in [2.75, 3.05) is 6.61 Å². The Kier molecular flexibility index (Phi) is 6.59. The van der Waals surface area contributed by atoms with Crippen LogP contribution in [0.5, 0.6) is 10.8 Å². The first-order valence-corrected chi connectivity index (χ1v) is 10.7. The second kappa shape index (κ2) is 9.90. The van der Waals surface area contributed by atoms with Crippen molar-refractivity contribution in [1.82, 2.24) is 20.1 Å². The zero-order valence-corrected chi connectivity index (χ0v) is 17.8. The molecule has 0 atom stereocenters. The molecule has 0 aliphatic carbocycles. The van der Waals surface area contributed by atoms with Crippen LogP contribution in [0.1, 0.15) is 11.3 Å². The highest BCUT2D eigenvalue weighted by atomic mass is 32.1. The number of amides is 1. The number of ether oxygens (including phenoxy) is 2. The van der Waals surface area contributed by atoms with Crippen molar-refractivity contribution in [2.24, 2.45) is 0 Å². The molecule has 4 rings (SSSR count). The number of nitrogens with zero attached hydrogens (tertiary/aromatic N) is 3. The predicted octanol–water partition coefficient (Wildman–Crippen LogP) is 4.68. The van der Waals surface area contributed by atoms with Gasteiger partial charge in [-0.2, -0.15) is 5.10 Å². The number of hydrogen-bond acceptors (Lipinski definition) is 6. The van der Waals surface area contributed by atoms with Gasteiger partial charge in [0.25, 0.3) is 0 Å². The number of rotatable bonds is 8. The highest BCUT2D eigenvalue weighted by Crippen LogP contribution is 2.32. The molecule has 0 aliphatic rings. The summed E-state index contributed by atoms with van der Waals surface area (Å²) in [6.07, 6.45) is 1.37. The van der Waals surface area contributed by atoms with Gasteiger partial charge in [-0.05, 0) is 30.7 Å². The van der Waals surface area contributed by atoms with Crippen LogP contribution in [0.2, 0.25) is 0 Å². The van der Waals surface area contributed by atoms with Gasteiger partial charge in [0, 0.05) is 12.7 Å². The maximum absolute atomic E-state index is 12.1. The van der Waals surface area contributed by atoms with Gasteiger partial charge in [-0.15, -0.1) is 0 Å². The van der Waals surface area contributed by atoms with E-state index in [1.165, 1.54) is 11.3 Å². The van der Waals surface area contributed by atoms with Crippen LogP contribution in [0.15, 0.2) is 72.9 Å². The van der Waals surface area contributed by atoms with Crippen LogP contribution in [0.4, 0.5) is 4.79 Å². The van der Waals surface area contributed by atoms with Crippen molar-refractivity contribution >= 4 is 17.4 Å². The van der Waals surface area contributed by atoms with E-state index in [2.05, 4.69) is 15.4 Å². The molecule has 0 unspecified atom stereocenters. The second-order valence-corrected chi connectivity index (χ2v) is 7.71.